The van der Waals surface area contributed by atoms with Crippen LogP contribution in [0.3, 0.4) is 0 Å². The molecular formula is C12H14BrNO3. The van der Waals surface area contributed by atoms with Crippen LogP contribution in [0.5, 0.6) is 11.5 Å². The summed E-state index contributed by atoms with van der Waals surface area (Å²) < 4.78 is 11.5. The third-order valence-corrected chi connectivity index (χ3v) is 3.50. The van der Waals surface area contributed by atoms with Crippen molar-refractivity contribution in [2.45, 2.75) is 19.3 Å². The second-order valence-electron chi connectivity index (χ2n) is 4.04. The van der Waals surface area contributed by atoms with E-state index in [-0.39, 0.29) is 11.8 Å². The summed E-state index contributed by atoms with van der Waals surface area (Å²) in [7, 11) is 3.20. The second-order valence-corrected chi connectivity index (χ2v) is 4.89. The Morgan fingerprint density at radius 1 is 1.41 bits per heavy atom. The standard InChI is InChI=1S/C12H14BrNO3/c1-6-4-9(15)14-11-8(16-2)5-7(13)12(17-3)10(6)11/h5-6H,4H2,1-3H3,(H,14,15). The number of hydrogen-bond donors (Lipinski definition) is 1. The zero-order chi connectivity index (χ0) is 12.6. The first-order valence-electron chi connectivity index (χ1n) is 5.32. The van der Waals surface area contributed by atoms with E-state index in [2.05, 4.69) is 21.2 Å². The van der Waals surface area contributed by atoms with E-state index < -0.39 is 0 Å². The van der Waals surface area contributed by atoms with Crippen LogP contribution in [-0.2, 0) is 4.79 Å². The summed E-state index contributed by atoms with van der Waals surface area (Å²) in [5.41, 5.74) is 1.70. The Morgan fingerprint density at radius 2 is 2.12 bits per heavy atom. The van der Waals surface area contributed by atoms with Gasteiger partial charge in [0.05, 0.1) is 24.4 Å². The van der Waals surface area contributed by atoms with Gasteiger partial charge in [-0.05, 0) is 21.8 Å². The van der Waals surface area contributed by atoms with Crippen LogP contribution in [0.25, 0.3) is 0 Å². The number of fused-ring (bicyclic) bond motifs is 1. The normalized spacial score (nSPS) is 18.4. The van der Waals surface area contributed by atoms with Crippen molar-refractivity contribution in [3.8, 4) is 11.5 Å². The maximum absolute atomic E-state index is 11.6. The van der Waals surface area contributed by atoms with E-state index >= 15 is 0 Å². The Hall–Kier alpha value is -1.23. The van der Waals surface area contributed by atoms with Crippen LogP contribution >= 0.6 is 15.9 Å². The predicted molar refractivity (Wildman–Crippen MR) is 68.9 cm³/mol. The largest absolute Gasteiger partial charge is 0.495 e. The lowest BCUT2D eigenvalue weighted by Crippen LogP contribution is -2.22. The number of methoxy groups -OCH3 is 2. The highest BCUT2D eigenvalue weighted by atomic mass is 79.9. The number of rotatable bonds is 2. The maximum atomic E-state index is 11.6. The molecular weight excluding hydrogens is 286 g/mol. The lowest BCUT2D eigenvalue weighted by Gasteiger charge is -2.27. The van der Waals surface area contributed by atoms with Gasteiger partial charge >= 0.3 is 0 Å². The molecule has 5 heteroatoms. The number of nitrogens with one attached hydrogen (secondary N) is 1. The molecule has 4 nitrogen and oxygen atoms in total. The Bertz CT molecular complexity index is 473. The second kappa shape index (κ2) is 4.56. The number of ether oxygens (including phenoxy) is 2. The van der Waals surface area contributed by atoms with Gasteiger partial charge < -0.3 is 14.8 Å². The molecule has 1 atom stereocenters. The number of benzene rings is 1. The number of halogens is 1. The van der Waals surface area contributed by atoms with Crippen molar-refractivity contribution in [3.05, 3.63) is 16.1 Å². The van der Waals surface area contributed by atoms with E-state index in [0.717, 1.165) is 21.5 Å². The average Bonchev–Trinajstić information content (AvgIpc) is 2.28. The SMILES string of the molecule is COc1cc(Br)c(OC)c2c1NC(=O)CC2C. The van der Waals surface area contributed by atoms with Crippen molar-refractivity contribution < 1.29 is 14.3 Å². The monoisotopic (exact) mass is 299 g/mol. The maximum Gasteiger partial charge on any atom is 0.225 e. The Balaban J connectivity index is 2.69. The molecule has 0 saturated carbocycles. The summed E-state index contributed by atoms with van der Waals surface area (Å²) in [4.78, 5) is 11.6. The van der Waals surface area contributed by atoms with E-state index in [1.54, 1.807) is 20.3 Å². The molecule has 0 aromatic heterocycles. The number of amides is 1. The minimum absolute atomic E-state index is 0.00711. The molecule has 2 rings (SSSR count). The van der Waals surface area contributed by atoms with E-state index in [1.807, 2.05) is 6.92 Å². The molecule has 0 bridgehead atoms. The first kappa shape index (κ1) is 12.2. The first-order valence-corrected chi connectivity index (χ1v) is 6.12. The minimum Gasteiger partial charge on any atom is -0.495 e. The summed E-state index contributed by atoms with van der Waals surface area (Å²) >= 11 is 3.45. The molecule has 0 aliphatic carbocycles. The zero-order valence-electron chi connectivity index (χ0n) is 9.96. The molecule has 1 N–H and O–H groups in total. The van der Waals surface area contributed by atoms with Crippen molar-refractivity contribution in [1.82, 2.24) is 0 Å². The van der Waals surface area contributed by atoms with Gasteiger partial charge in [-0.25, -0.2) is 0 Å². The molecule has 1 heterocycles. The molecule has 1 aliphatic heterocycles. The van der Waals surface area contributed by atoms with Gasteiger partial charge in [0, 0.05) is 18.1 Å². The van der Waals surface area contributed by atoms with Crippen molar-refractivity contribution in [1.29, 1.82) is 0 Å². The molecule has 0 fully saturated rings. The van der Waals surface area contributed by atoms with Crippen molar-refractivity contribution in [2.75, 3.05) is 19.5 Å². The Labute approximate surface area is 108 Å². The summed E-state index contributed by atoms with van der Waals surface area (Å²) in [5.74, 6) is 1.52. The van der Waals surface area contributed by atoms with Crippen molar-refractivity contribution in [2.24, 2.45) is 0 Å². The van der Waals surface area contributed by atoms with Gasteiger partial charge in [-0.2, -0.15) is 0 Å². The fourth-order valence-electron chi connectivity index (χ4n) is 2.17. The topological polar surface area (TPSA) is 47.6 Å². The summed E-state index contributed by atoms with van der Waals surface area (Å²) in [5, 5.41) is 2.85. The minimum atomic E-state index is 0.00711. The van der Waals surface area contributed by atoms with Gasteiger partial charge in [-0.15, -0.1) is 0 Å². The van der Waals surface area contributed by atoms with Gasteiger partial charge in [0.15, 0.2) is 0 Å². The molecule has 1 aromatic carbocycles. The lowest BCUT2D eigenvalue weighted by atomic mass is 9.91. The molecule has 1 aromatic rings. The van der Waals surface area contributed by atoms with Crippen LogP contribution in [0.4, 0.5) is 5.69 Å². The summed E-state index contributed by atoms with van der Waals surface area (Å²) in [6.45, 7) is 2.01. The van der Waals surface area contributed by atoms with Gasteiger partial charge in [-0.3, -0.25) is 4.79 Å². The first-order chi connectivity index (χ1) is 8.08. The van der Waals surface area contributed by atoms with Crippen LogP contribution in [0.2, 0.25) is 0 Å². The van der Waals surface area contributed by atoms with Gasteiger partial charge in [-0.1, -0.05) is 6.92 Å². The van der Waals surface area contributed by atoms with E-state index in [0.29, 0.717) is 12.2 Å². The number of carbonyl (C=O) groups excluding carboxylic acids is 1. The molecule has 1 aliphatic rings. The van der Waals surface area contributed by atoms with Crippen LogP contribution in [0.1, 0.15) is 24.8 Å². The van der Waals surface area contributed by atoms with E-state index in [9.17, 15) is 4.79 Å². The highest BCUT2D eigenvalue weighted by molar-refractivity contribution is 9.10. The fourth-order valence-corrected chi connectivity index (χ4v) is 2.75. The zero-order valence-corrected chi connectivity index (χ0v) is 11.6. The van der Waals surface area contributed by atoms with Crippen molar-refractivity contribution in [3.63, 3.8) is 0 Å². The summed E-state index contributed by atoms with van der Waals surface area (Å²) in [6, 6.07) is 1.80. The van der Waals surface area contributed by atoms with E-state index in [4.69, 9.17) is 9.47 Å². The molecule has 0 spiro atoms. The Kier molecular flexibility index (Phi) is 3.28. The number of carbonyl (C=O) groups is 1. The highest BCUT2D eigenvalue weighted by Gasteiger charge is 2.29. The smallest absolute Gasteiger partial charge is 0.225 e. The molecule has 1 unspecified atom stereocenters. The third kappa shape index (κ3) is 1.99. The van der Waals surface area contributed by atoms with E-state index in [1.165, 1.54) is 0 Å². The van der Waals surface area contributed by atoms with Gasteiger partial charge in [0.2, 0.25) is 5.91 Å². The molecule has 1 amide bonds. The third-order valence-electron chi connectivity index (χ3n) is 2.91. The summed E-state index contributed by atoms with van der Waals surface area (Å²) in [6.07, 6.45) is 0.461. The molecule has 0 saturated heterocycles. The van der Waals surface area contributed by atoms with Crippen LogP contribution < -0.4 is 14.8 Å². The highest BCUT2D eigenvalue weighted by Crippen LogP contribution is 2.47. The molecule has 17 heavy (non-hydrogen) atoms. The fraction of sp³-hybridized carbons (Fsp3) is 0.417. The quantitative estimate of drug-likeness (QED) is 0.913. The van der Waals surface area contributed by atoms with Crippen LogP contribution in [0.15, 0.2) is 10.5 Å². The molecule has 0 radical (unpaired) electrons. The molecule has 92 valence electrons. The lowest BCUT2D eigenvalue weighted by molar-refractivity contribution is -0.116. The Morgan fingerprint density at radius 3 is 2.71 bits per heavy atom. The van der Waals surface area contributed by atoms with Gasteiger partial charge in [0.1, 0.15) is 11.5 Å². The average molecular weight is 300 g/mol. The van der Waals surface area contributed by atoms with Gasteiger partial charge in [0.25, 0.3) is 0 Å². The number of anilines is 1. The van der Waals surface area contributed by atoms with Crippen LogP contribution in [0, 0.1) is 0 Å². The van der Waals surface area contributed by atoms with Crippen LogP contribution in [-0.4, -0.2) is 20.1 Å². The van der Waals surface area contributed by atoms with Crippen molar-refractivity contribution >= 4 is 27.5 Å². The predicted octanol–water partition coefficient (Wildman–Crippen LogP) is 2.91. The number of hydrogen-bond acceptors (Lipinski definition) is 3.